The summed E-state index contributed by atoms with van der Waals surface area (Å²) in [5.74, 6) is -0.167. The Hall–Kier alpha value is -2.13. The first-order valence-electron chi connectivity index (χ1n) is 9.76. The molecule has 162 valence electrons. The highest BCUT2D eigenvalue weighted by molar-refractivity contribution is 7.89. The normalized spacial score (nSPS) is 17.8. The van der Waals surface area contributed by atoms with Crippen molar-refractivity contribution in [2.24, 2.45) is 5.92 Å². The van der Waals surface area contributed by atoms with Crippen LogP contribution < -0.4 is 10.1 Å². The lowest BCUT2D eigenvalue weighted by Crippen LogP contribution is -2.46. The van der Waals surface area contributed by atoms with Gasteiger partial charge in [-0.1, -0.05) is 0 Å². The van der Waals surface area contributed by atoms with Crippen LogP contribution in [0, 0.1) is 12.8 Å². The van der Waals surface area contributed by atoms with Crippen molar-refractivity contribution in [1.29, 1.82) is 0 Å². The van der Waals surface area contributed by atoms with Crippen molar-refractivity contribution in [2.75, 3.05) is 33.8 Å². The largest absolute Gasteiger partial charge is 0.483 e. The van der Waals surface area contributed by atoms with Crippen molar-refractivity contribution in [3.05, 3.63) is 23.8 Å². The number of likely N-dealkylation sites (N-methyl/N-ethyl adjacent to an activating group) is 1. The van der Waals surface area contributed by atoms with Crippen LogP contribution in [0.1, 0.15) is 32.3 Å². The van der Waals surface area contributed by atoms with E-state index in [2.05, 4.69) is 5.32 Å². The summed E-state index contributed by atoms with van der Waals surface area (Å²) in [5, 5.41) is 2.86. The zero-order chi connectivity index (χ0) is 21.8. The van der Waals surface area contributed by atoms with Gasteiger partial charge >= 0.3 is 0 Å². The quantitative estimate of drug-likeness (QED) is 0.712. The zero-order valence-electron chi connectivity index (χ0n) is 17.8. The number of aryl methyl sites for hydroxylation is 1. The molecule has 1 atom stereocenters. The third-order valence-corrected chi connectivity index (χ3v) is 6.68. The molecule has 8 nitrogen and oxygen atoms in total. The SMILES string of the molecule is Cc1cc(S(=O)(=O)N2CCC[C@H](C(=O)NC(C)C)C2)ccc1OCC(=O)N(C)C. The molecule has 9 heteroatoms. The Kier molecular flexibility index (Phi) is 7.65. The summed E-state index contributed by atoms with van der Waals surface area (Å²) in [5.41, 5.74) is 0.628. The number of rotatable bonds is 7. The van der Waals surface area contributed by atoms with Gasteiger partial charge in [0.05, 0.1) is 10.8 Å². The summed E-state index contributed by atoms with van der Waals surface area (Å²) < 4.78 is 33.1. The van der Waals surface area contributed by atoms with Crippen LogP contribution in [-0.4, -0.2) is 69.3 Å². The molecular formula is C20H31N3O5S. The number of sulfonamides is 1. The van der Waals surface area contributed by atoms with Crippen LogP contribution in [0.2, 0.25) is 0 Å². The molecule has 1 fully saturated rings. The number of hydrogen-bond donors (Lipinski definition) is 1. The summed E-state index contributed by atoms with van der Waals surface area (Å²) in [4.78, 5) is 25.6. The van der Waals surface area contributed by atoms with E-state index in [4.69, 9.17) is 4.74 Å². The molecule has 29 heavy (non-hydrogen) atoms. The molecule has 0 aliphatic carbocycles. The lowest BCUT2D eigenvalue weighted by molar-refractivity contribution is -0.130. The second-order valence-electron chi connectivity index (χ2n) is 7.87. The number of carbonyl (C=O) groups excluding carboxylic acids is 2. The fourth-order valence-electron chi connectivity index (χ4n) is 3.14. The van der Waals surface area contributed by atoms with Gasteiger partial charge in [0.1, 0.15) is 5.75 Å². The molecular weight excluding hydrogens is 394 g/mol. The van der Waals surface area contributed by atoms with E-state index in [1.807, 2.05) is 13.8 Å². The molecule has 0 radical (unpaired) electrons. The van der Waals surface area contributed by atoms with E-state index in [0.717, 1.165) is 0 Å². The monoisotopic (exact) mass is 425 g/mol. The van der Waals surface area contributed by atoms with E-state index >= 15 is 0 Å². The van der Waals surface area contributed by atoms with Crippen molar-refractivity contribution < 1.29 is 22.7 Å². The molecule has 1 aromatic carbocycles. The summed E-state index contributed by atoms with van der Waals surface area (Å²) in [6.07, 6.45) is 1.32. The second-order valence-corrected chi connectivity index (χ2v) is 9.81. The molecule has 0 unspecified atom stereocenters. The van der Waals surface area contributed by atoms with Crippen molar-refractivity contribution >= 4 is 21.8 Å². The molecule has 1 N–H and O–H groups in total. The predicted octanol–water partition coefficient (Wildman–Crippen LogP) is 1.39. The fourth-order valence-corrected chi connectivity index (χ4v) is 4.75. The van der Waals surface area contributed by atoms with Crippen molar-refractivity contribution in [2.45, 2.75) is 44.6 Å². The molecule has 1 aliphatic rings. The summed E-state index contributed by atoms with van der Waals surface area (Å²) in [6.45, 7) is 5.96. The van der Waals surface area contributed by atoms with Gasteiger partial charge in [0.2, 0.25) is 15.9 Å². The number of benzene rings is 1. The fraction of sp³-hybridized carbons (Fsp3) is 0.600. The van der Waals surface area contributed by atoms with Gasteiger partial charge in [-0.15, -0.1) is 0 Å². The van der Waals surface area contributed by atoms with Crippen molar-refractivity contribution in [1.82, 2.24) is 14.5 Å². The van der Waals surface area contributed by atoms with Crippen LogP contribution >= 0.6 is 0 Å². The van der Waals surface area contributed by atoms with Crippen LogP contribution in [0.25, 0.3) is 0 Å². The molecule has 0 bridgehead atoms. The van der Waals surface area contributed by atoms with E-state index in [1.165, 1.54) is 15.3 Å². The molecule has 1 heterocycles. The highest BCUT2D eigenvalue weighted by Gasteiger charge is 2.33. The van der Waals surface area contributed by atoms with E-state index in [-0.39, 0.29) is 41.8 Å². The topological polar surface area (TPSA) is 96.0 Å². The van der Waals surface area contributed by atoms with Gasteiger partial charge in [-0.3, -0.25) is 9.59 Å². The van der Waals surface area contributed by atoms with Crippen LogP contribution in [0.4, 0.5) is 0 Å². The number of ether oxygens (including phenoxy) is 1. The molecule has 0 spiro atoms. The van der Waals surface area contributed by atoms with Crippen LogP contribution in [0.3, 0.4) is 0 Å². The van der Waals surface area contributed by atoms with E-state index in [9.17, 15) is 18.0 Å². The average molecular weight is 426 g/mol. The lowest BCUT2D eigenvalue weighted by Gasteiger charge is -2.31. The number of carbonyl (C=O) groups is 2. The Morgan fingerprint density at radius 2 is 2.00 bits per heavy atom. The van der Waals surface area contributed by atoms with Gasteiger partial charge < -0.3 is 15.0 Å². The minimum Gasteiger partial charge on any atom is -0.483 e. The first kappa shape index (κ1) is 23.2. The predicted molar refractivity (Wildman–Crippen MR) is 110 cm³/mol. The van der Waals surface area contributed by atoms with Crippen LogP contribution in [-0.2, 0) is 19.6 Å². The van der Waals surface area contributed by atoms with Crippen LogP contribution in [0.15, 0.2) is 23.1 Å². The summed E-state index contributed by atoms with van der Waals surface area (Å²) in [7, 11) is -0.437. The van der Waals surface area contributed by atoms with Crippen molar-refractivity contribution in [3.63, 3.8) is 0 Å². The van der Waals surface area contributed by atoms with E-state index in [1.54, 1.807) is 33.2 Å². The molecule has 1 saturated heterocycles. The first-order valence-corrected chi connectivity index (χ1v) is 11.2. The maximum atomic E-state index is 13.1. The molecule has 1 aliphatic heterocycles. The average Bonchev–Trinajstić information content (AvgIpc) is 2.66. The third-order valence-electron chi connectivity index (χ3n) is 4.82. The van der Waals surface area contributed by atoms with Gasteiger partial charge in [-0.25, -0.2) is 8.42 Å². The maximum Gasteiger partial charge on any atom is 0.259 e. The Morgan fingerprint density at radius 3 is 2.59 bits per heavy atom. The van der Waals surface area contributed by atoms with Crippen molar-refractivity contribution in [3.8, 4) is 5.75 Å². The first-order chi connectivity index (χ1) is 13.5. The minimum absolute atomic E-state index is 0.0176. The standard InChI is InChI=1S/C20H31N3O5S/c1-14(2)21-20(25)16-7-6-10-23(12-16)29(26,27)17-8-9-18(15(3)11-17)28-13-19(24)22(4)5/h8-9,11,14,16H,6-7,10,12-13H2,1-5H3,(H,21,25)/t16-/m0/s1. The van der Waals surface area contributed by atoms with Gasteiger partial charge in [0.25, 0.3) is 5.91 Å². The highest BCUT2D eigenvalue weighted by atomic mass is 32.2. The van der Waals surface area contributed by atoms with Gasteiger partial charge in [0, 0.05) is 33.2 Å². The van der Waals surface area contributed by atoms with E-state index < -0.39 is 10.0 Å². The zero-order valence-corrected chi connectivity index (χ0v) is 18.6. The smallest absolute Gasteiger partial charge is 0.259 e. The maximum absolute atomic E-state index is 13.1. The Morgan fingerprint density at radius 1 is 1.31 bits per heavy atom. The van der Waals surface area contributed by atoms with Gasteiger partial charge in [-0.2, -0.15) is 4.31 Å². The third kappa shape index (κ3) is 5.93. The molecule has 0 aromatic heterocycles. The highest BCUT2D eigenvalue weighted by Crippen LogP contribution is 2.27. The van der Waals surface area contributed by atoms with Gasteiger partial charge in [0.15, 0.2) is 6.61 Å². The minimum atomic E-state index is -3.72. The Labute approximate surface area is 173 Å². The Bertz CT molecular complexity index is 852. The molecule has 0 saturated carbocycles. The van der Waals surface area contributed by atoms with Crippen LogP contribution in [0.5, 0.6) is 5.75 Å². The Balaban J connectivity index is 2.13. The van der Waals surface area contributed by atoms with E-state index in [0.29, 0.717) is 30.7 Å². The summed E-state index contributed by atoms with van der Waals surface area (Å²) >= 11 is 0. The lowest BCUT2D eigenvalue weighted by atomic mass is 9.98. The van der Waals surface area contributed by atoms with Gasteiger partial charge in [-0.05, 0) is 57.4 Å². The number of hydrogen-bond acceptors (Lipinski definition) is 5. The number of amides is 2. The number of piperidine rings is 1. The molecule has 1 aromatic rings. The second kappa shape index (κ2) is 9.58. The summed E-state index contributed by atoms with van der Waals surface area (Å²) in [6, 6.07) is 4.61. The molecule has 2 rings (SSSR count). The molecule has 2 amide bonds. The number of nitrogens with one attached hydrogen (secondary N) is 1. The number of nitrogens with zero attached hydrogens (tertiary/aromatic N) is 2.